The molecule has 0 unspecified atom stereocenters. The van der Waals surface area contributed by atoms with Gasteiger partial charge in [0, 0.05) is 11.6 Å². The van der Waals surface area contributed by atoms with Crippen LogP contribution in [0.1, 0.15) is 27.0 Å². The molecule has 0 N–H and O–H groups in total. The van der Waals surface area contributed by atoms with Crippen molar-refractivity contribution in [3.8, 4) is 11.5 Å². The summed E-state index contributed by atoms with van der Waals surface area (Å²) in [6.45, 7) is 5.74. The number of rotatable bonds is 4. The van der Waals surface area contributed by atoms with Gasteiger partial charge in [0.15, 0.2) is 0 Å². The fraction of sp³-hybridized carbons (Fsp3) is 0.188. The van der Waals surface area contributed by atoms with E-state index in [0.717, 1.165) is 16.7 Å². The molecule has 0 amide bonds. The molecule has 108 valence electrons. The highest BCUT2D eigenvalue weighted by Gasteiger charge is 2.18. The summed E-state index contributed by atoms with van der Waals surface area (Å²) in [6.07, 6.45) is 0.569. The zero-order valence-corrected chi connectivity index (χ0v) is 12.0. The fourth-order valence-corrected chi connectivity index (χ4v) is 2.03. The first-order valence-corrected chi connectivity index (χ1v) is 6.42. The molecule has 0 fully saturated rings. The van der Waals surface area contributed by atoms with Gasteiger partial charge in [0.25, 0.3) is 0 Å². The van der Waals surface area contributed by atoms with Gasteiger partial charge in [0.2, 0.25) is 5.75 Å². The Balaban J connectivity index is 2.52. The lowest BCUT2D eigenvalue weighted by Gasteiger charge is -2.13. The Hall–Kier alpha value is -2.69. The molecule has 2 aromatic rings. The lowest BCUT2D eigenvalue weighted by atomic mass is 10.1. The molecule has 0 aliphatic heterocycles. The summed E-state index contributed by atoms with van der Waals surface area (Å²) in [5, 5.41) is 11.1. The molecule has 0 saturated carbocycles. The third kappa shape index (κ3) is 2.91. The number of benzene rings is 2. The van der Waals surface area contributed by atoms with Crippen molar-refractivity contribution in [2.45, 2.75) is 20.8 Å². The monoisotopic (exact) mass is 285 g/mol. The topological polar surface area (TPSA) is 69.4 Å². The Morgan fingerprint density at radius 1 is 1.10 bits per heavy atom. The van der Waals surface area contributed by atoms with Crippen LogP contribution < -0.4 is 4.74 Å². The molecular weight excluding hydrogens is 270 g/mol. The molecule has 0 aliphatic carbocycles. The number of aldehydes is 1. The Morgan fingerprint density at radius 3 is 2.38 bits per heavy atom. The average Bonchev–Trinajstić information content (AvgIpc) is 2.47. The molecule has 0 atom stereocenters. The Bertz CT molecular complexity index is 722. The predicted octanol–water partition coefficient (Wildman–Crippen LogP) is 4.12. The smallest absolute Gasteiger partial charge is 0.312 e. The minimum absolute atomic E-state index is 0.127. The van der Waals surface area contributed by atoms with E-state index in [0.29, 0.717) is 12.0 Å². The van der Waals surface area contributed by atoms with Gasteiger partial charge in [-0.05, 0) is 49.6 Å². The van der Waals surface area contributed by atoms with Crippen molar-refractivity contribution in [1.82, 2.24) is 0 Å². The largest absolute Gasteiger partial charge is 0.450 e. The van der Waals surface area contributed by atoms with Crippen molar-refractivity contribution in [3.05, 3.63) is 62.7 Å². The zero-order chi connectivity index (χ0) is 15.6. The molecule has 5 nitrogen and oxygen atoms in total. The first-order valence-electron chi connectivity index (χ1n) is 6.42. The molecular formula is C16H15NO4. The Labute approximate surface area is 122 Å². The van der Waals surface area contributed by atoms with E-state index in [2.05, 4.69) is 0 Å². The SMILES string of the molecule is Cc1ccc(C)c(Oc2ccc(C=O)cc2[N+](=O)[O-])c1C. The number of carbonyl (C=O) groups excluding carboxylic acids is 1. The molecule has 0 bridgehead atoms. The van der Waals surface area contributed by atoms with Crippen LogP contribution in [0.2, 0.25) is 0 Å². The maximum absolute atomic E-state index is 11.1. The molecule has 21 heavy (non-hydrogen) atoms. The van der Waals surface area contributed by atoms with Gasteiger partial charge in [-0.1, -0.05) is 12.1 Å². The zero-order valence-electron chi connectivity index (χ0n) is 12.0. The normalized spacial score (nSPS) is 10.2. The first kappa shape index (κ1) is 14.7. The van der Waals surface area contributed by atoms with Gasteiger partial charge in [-0.15, -0.1) is 0 Å². The van der Waals surface area contributed by atoms with Crippen LogP contribution in [-0.2, 0) is 0 Å². The number of aryl methyl sites for hydroxylation is 2. The van der Waals surface area contributed by atoms with Gasteiger partial charge in [-0.3, -0.25) is 14.9 Å². The van der Waals surface area contributed by atoms with Crippen LogP contribution in [0.25, 0.3) is 0 Å². The molecule has 2 aromatic carbocycles. The molecule has 0 radical (unpaired) electrons. The van der Waals surface area contributed by atoms with Crippen LogP contribution in [0, 0.1) is 30.9 Å². The third-order valence-electron chi connectivity index (χ3n) is 3.40. The molecule has 0 aromatic heterocycles. The van der Waals surface area contributed by atoms with E-state index < -0.39 is 4.92 Å². The van der Waals surface area contributed by atoms with Crippen molar-refractivity contribution in [3.63, 3.8) is 0 Å². The number of nitrogens with zero attached hydrogens (tertiary/aromatic N) is 1. The Morgan fingerprint density at radius 2 is 1.76 bits per heavy atom. The minimum Gasteiger partial charge on any atom is -0.450 e. The first-order chi connectivity index (χ1) is 9.93. The number of nitro benzene ring substituents is 1. The fourth-order valence-electron chi connectivity index (χ4n) is 2.03. The van der Waals surface area contributed by atoms with E-state index in [1.54, 1.807) is 0 Å². The second-order valence-electron chi connectivity index (χ2n) is 4.86. The molecule has 0 aliphatic rings. The number of nitro groups is 1. The standard InChI is InChI=1S/C16H15NO4/c1-10-4-5-11(2)16(12(10)3)21-15-7-6-13(9-18)8-14(15)17(19)20/h4-9H,1-3H3. The maximum Gasteiger partial charge on any atom is 0.312 e. The van der Waals surface area contributed by atoms with E-state index in [9.17, 15) is 14.9 Å². The number of carbonyl (C=O) groups is 1. The quantitative estimate of drug-likeness (QED) is 0.481. The van der Waals surface area contributed by atoms with Crippen LogP contribution in [0.4, 0.5) is 5.69 Å². The second-order valence-corrected chi connectivity index (χ2v) is 4.86. The van der Waals surface area contributed by atoms with Crippen molar-refractivity contribution >= 4 is 12.0 Å². The summed E-state index contributed by atoms with van der Waals surface area (Å²) in [4.78, 5) is 21.3. The van der Waals surface area contributed by atoms with Gasteiger partial charge >= 0.3 is 5.69 Å². The third-order valence-corrected chi connectivity index (χ3v) is 3.40. The van der Waals surface area contributed by atoms with Gasteiger partial charge in [0.05, 0.1) is 4.92 Å². The summed E-state index contributed by atoms with van der Waals surface area (Å²) < 4.78 is 5.76. The van der Waals surface area contributed by atoms with E-state index in [1.807, 2.05) is 32.9 Å². The highest BCUT2D eigenvalue weighted by Crippen LogP contribution is 2.35. The number of hydrogen-bond acceptors (Lipinski definition) is 4. The summed E-state index contributed by atoms with van der Waals surface area (Å²) in [5.74, 6) is 0.736. The minimum atomic E-state index is -0.553. The van der Waals surface area contributed by atoms with E-state index in [1.165, 1.54) is 18.2 Å². The predicted molar refractivity (Wildman–Crippen MR) is 79.2 cm³/mol. The summed E-state index contributed by atoms with van der Waals surface area (Å²) in [7, 11) is 0. The average molecular weight is 285 g/mol. The lowest BCUT2D eigenvalue weighted by molar-refractivity contribution is -0.385. The van der Waals surface area contributed by atoms with Crippen LogP contribution in [0.5, 0.6) is 11.5 Å². The van der Waals surface area contributed by atoms with Gasteiger partial charge in [-0.2, -0.15) is 0 Å². The van der Waals surface area contributed by atoms with Crippen LogP contribution >= 0.6 is 0 Å². The van der Waals surface area contributed by atoms with E-state index in [4.69, 9.17) is 4.74 Å². The lowest BCUT2D eigenvalue weighted by Crippen LogP contribution is -1.98. The summed E-state index contributed by atoms with van der Waals surface area (Å²) in [6, 6.07) is 8.03. The van der Waals surface area contributed by atoms with Crippen LogP contribution in [0.15, 0.2) is 30.3 Å². The second kappa shape index (κ2) is 5.75. The summed E-state index contributed by atoms with van der Waals surface area (Å²) >= 11 is 0. The molecule has 0 heterocycles. The number of ether oxygens (including phenoxy) is 1. The maximum atomic E-state index is 11.1. The van der Waals surface area contributed by atoms with Crippen molar-refractivity contribution in [1.29, 1.82) is 0 Å². The van der Waals surface area contributed by atoms with E-state index >= 15 is 0 Å². The van der Waals surface area contributed by atoms with Crippen molar-refractivity contribution in [2.24, 2.45) is 0 Å². The number of hydrogen-bond donors (Lipinski definition) is 0. The highest BCUT2D eigenvalue weighted by molar-refractivity contribution is 5.77. The highest BCUT2D eigenvalue weighted by atomic mass is 16.6. The molecule has 5 heteroatoms. The summed E-state index contributed by atoms with van der Waals surface area (Å²) in [5.41, 5.74) is 2.89. The van der Waals surface area contributed by atoms with Crippen LogP contribution in [0.3, 0.4) is 0 Å². The molecule has 0 saturated heterocycles. The van der Waals surface area contributed by atoms with Gasteiger partial charge in [0.1, 0.15) is 12.0 Å². The van der Waals surface area contributed by atoms with Gasteiger partial charge in [-0.25, -0.2) is 0 Å². The van der Waals surface area contributed by atoms with Crippen molar-refractivity contribution in [2.75, 3.05) is 0 Å². The van der Waals surface area contributed by atoms with Gasteiger partial charge < -0.3 is 4.74 Å². The molecule has 0 spiro atoms. The molecule has 2 rings (SSSR count). The van der Waals surface area contributed by atoms with Crippen LogP contribution in [-0.4, -0.2) is 11.2 Å². The van der Waals surface area contributed by atoms with Crippen molar-refractivity contribution < 1.29 is 14.5 Å². The van der Waals surface area contributed by atoms with E-state index in [-0.39, 0.29) is 17.0 Å². The Kier molecular flexibility index (Phi) is 4.03.